The third-order valence-corrected chi connectivity index (χ3v) is 6.21. The first-order valence-corrected chi connectivity index (χ1v) is 9.80. The van der Waals surface area contributed by atoms with Crippen LogP contribution in [0, 0.1) is 5.92 Å². The molecule has 0 aliphatic carbocycles. The van der Waals surface area contributed by atoms with Crippen molar-refractivity contribution >= 4 is 21.7 Å². The molecular weight excluding hydrogens is 368 g/mol. The van der Waals surface area contributed by atoms with Crippen molar-refractivity contribution in [2.75, 3.05) is 18.6 Å². The number of hydrogen-bond donors (Lipinski definition) is 1. The summed E-state index contributed by atoms with van der Waals surface area (Å²) < 4.78 is 50.1. The van der Waals surface area contributed by atoms with E-state index in [1.165, 1.54) is 11.9 Å². The normalized spacial score (nSPS) is 23.3. The first-order chi connectivity index (χ1) is 11.9. The molecule has 1 aliphatic rings. The quantitative estimate of drug-likeness (QED) is 0.803. The summed E-state index contributed by atoms with van der Waals surface area (Å²) >= 11 is 0. The van der Waals surface area contributed by atoms with Gasteiger partial charge in [-0.15, -0.1) is 0 Å². The molecule has 1 aromatic rings. The lowest BCUT2D eigenvalue weighted by Gasteiger charge is -2.30. The predicted molar refractivity (Wildman–Crippen MR) is 90.1 cm³/mol. The number of halogens is 2. The van der Waals surface area contributed by atoms with E-state index in [1.54, 1.807) is 31.5 Å². The predicted octanol–water partition coefficient (Wildman–Crippen LogP) is 0.786. The van der Waals surface area contributed by atoms with Gasteiger partial charge in [0.1, 0.15) is 0 Å². The minimum Gasteiger partial charge on any atom is -0.346 e. The lowest BCUT2D eigenvalue weighted by molar-refractivity contribution is -0.145. The second kappa shape index (κ2) is 7.26. The second-order valence-corrected chi connectivity index (χ2v) is 8.72. The van der Waals surface area contributed by atoms with E-state index in [0.717, 1.165) is 5.56 Å². The van der Waals surface area contributed by atoms with Crippen LogP contribution in [0.1, 0.15) is 25.5 Å². The van der Waals surface area contributed by atoms with Crippen LogP contribution < -0.4 is 5.32 Å². The van der Waals surface area contributed by atoms with E-state index in [0.29, 0.717) is 6.92 Å². The van der Waals surface area contributed by atoms with Gasteiger partial charge in [0, 0.05) is 26.4 Å². The highest BCUT2D eigenvalue weighted by molar-refractivity contribution is 7.91. The zero-order valence-electron chi connectivity index (χ0n) is 14.6. The lowest BCUT2D eigenvalue weighted by Crippen LogP contribution is -2.50. The molecule has 3 atom stereocenters. The van der Waals surface area contributed by atoms with Crippen molar-refractivity contribution in [1.82, 2.24) is 15.2 Å². The molecule has 1 saturated heterocycles. The Balaban J connectivity index is 2.20. The number of nitrogens with zero attached hydrogens (tertiary/aromatic N) is 2. The van der Waals surface area contributed by atoms with Crippen molar-refractivity contribution in [3.05, 3.63) is 30.1 Å². The van der Waals surface area contributed by atoms with Gasteiger partial charge in [-0.1, -0.05) is 6.07 Å². The Morgan fingerprint density at radius 3 is 2.58 bits per heavy atom. The van der Waals surface area contributed by atoms with Crippen LogP contribution in [0.2, 0.25) is 0 Å². The number of nitrogens with one attached hydrogen (secondary N) is 1. The van der Waals surface area contributed by atoms with Crippen LogP contribution in [0.4, 0.5) is 8.78 Å². The average Bonchev–Trinajstić information content (AvgIpc) is 2.87. The van der Waals surface area contributed by atoms with Crippen molar-refractivity contribution < 1.29 is 26.8 Å². The molecule has 0 saturated carbocycles. The topological polar surface area (TPSA) is 96.4 Å². The molecule has 10 heteroatoms. The van der Waals surface area contributed by atoms with Gasteiger partial charge in [0.25, 0.3) is 5.91 Å². The van der Waals surface area contributed by atoms with Crippen LogP contribution in [-0.4, -0.2) is 60.6 Å². The van der Waals surface area contributed by atoms with Crippen LogP contribution in [0.5, 0.6) is 0 Å². The molecule has 1 aliphatic heterocycles. The van der Waals surface area contributed by atoms with Crippen molar-refractivity contribution in [3.63, 3.8) is 0 Å². The van der Waals surface area contributed by atoms with Gasteiger partial charge in [0.05, 0.1) is 29.5 Å². The van der Waals surface area contributed by atoms with Gasteiger partial charge in [-0.3, -0.25) is 14.6 Å². The minimum absolute atomic E-state index is 0.400. The molecule has 7 nitrogen and oxygen atoms in total. The minimum atomic E-state index is -3.66. The summed E-state index contributed by atoms with van der Waals surface area (Å²) in [4.78, 5) is 29.6. The fourth-order valence-corrected chi connectivity index (χ4v) is 4.75. The summed E-state index contributed by atoms with van der Waals surface area (Å²) in [5.74, 6) is -7.94. The highest BCUT2D eigenvalue weighted by atomic mass is 32.2. The number of sulfone groups is 1. The molecule has 144 valence electrons. The average molecular weight is 389 g/mol. The molecular formula is C16H21F2N3O4S. The molecule has 1 unspecified atom stereocenters. The standard InChI is InChI=1S/C16H21F2N3O4S/c1-10(11-5-4-6-19-7-11)21(3)14(22)12-8-26(24,25)9-13(12)20-15(23)16(2,17)18/h4-7,10,12-13H,8-9H2,1-3H3,(H,20,23)/t10?,12-,13-/m1/s1. The van der Waals surface area contributed by atoms with E-state index < -0.39 is 57.1 Å². The van der Waals surface area contributed by atoms with Gasteiger partial charge >= 0.3 is 5.92 Å². The van der Waals surface area contributed by atoms with E-state index >= 15 is 0 Å². The number of alkyl halides is 2. The Hall–Kier alpha value is -2.10. The first-order valence-electron chi connectivity index (χ1n) is 7.98. The van der Waals surface area contributed by atoms with Gasteiger partial charge in [0.15, 0.2) is 9.84 Å². The molecule has 26 heavy (non-hydrogen) atoms. The van der Waals surface area contributed by atoms with Crippen LogP contribution in [0.15, 0.2) is 24.5 Å². The van der Waals surface area contributed by atoms with Crippen LogP contribution in [-0.2, 0) is 19.4 Å². The van der Waals surface area contributed by atoms with Crippen molar-refractivity contribution in [2.45, 2.75) is 31.9 Å². The van der Waals surface area contributed by atoms with Crippen LogP contribution >= 0.6 is 0 Å². The number of hydrogen-bond acceptors (Lipinski definition) is 5. The molecule has 2 amide bonds. The lowest BCUT2D eigenvalue weighted by atomic mass is 10.00. The molecule has 1 N–H and O–H groups in total. The van der Waals surface area contributed by atoms with E-state index in [-0.39, 0.29) is 0 Å². The molecule has 0 spiro atoms. The largest absolute Gasteiger partial charge is 0.346 e. The van der Waals surface area contributed by atoms with E-state index in [9.17, 15) is 26.8 Å². The van der Waals surface area contributed by atoms with Crippen molar-refractivity contribution in [1.29, 1.82) is 0 Å². The summed E-state index contributed by atoms with van der Waals surface area (Å²) in [5.41, 5.74) is 0.741. The smallest absolute Gasteiger partial charge is 0.321 e. The van der Waals surface area contributed by atoms with Crippen molar-refractivity contribution in [3.8, 4) is 0 Å². The Bertz CT molecular complexity index is 780. The van der Waals surface area contributed by atoms with E-state index in [1.807, 2.05) is 5.32 Å². The van der Waals surface area contributed by atoms with Crippen LogP contribution in [0.25, 0.3) is 0 Å². The molecule has 0 radical (unpaired) electrons. The zero-order valence-corrected chi connectivity index (χ0v) is 15.5. The van der Waals surface area contributed by atoms with E-state index in [4.69, 9.17) is 0 Å². The highest BCUT2D eigenvalue weighted by Crippen LogP contribution is 2.26. The third-order valence-electron chi connectivity index (χ3n) is 4.48. The van der Waals surface area contributed by atoms with E-state index in [2.05, 4.69) is 4.98 Å². The molecule has 1 aromatic heterocycles. The number of aromatic nitrogens is 1. The molecule has 2 rings (SSSR count). The molecule has 1 fully saturated rings. The monoisotopic (exact) mass is 389 g/mol. The summed E-state index contributed by atoms with van der Waals surface area (Å²) in [6.45, 7) is 2.16. The Morgan fingerprint density at radius 2 is 2.04 bits per heavy atom. The Labute approximate surface area is 150 Å². The molecule has 2 heterocycles. The number of amides is 2. The maximum atomic E-state index is 13.1. The van der Waals surface area contributed by atoms with Gasteiger partial charge in [-0.2, -0.15) is 8.78 Å². The van der Waals surface area contributed by atoms with Gasteiger partial charge in [-0.05, 0) is 18.6 Å². The fraction of sp³-hybridized carbons (Fsp3) is 0.562. The first kappa shape index (κ1) is 20.2. The van der Waals surface area contributed by atoms with Crippen LogP contribution in [0.3, 0.4) is 0 Å². The highest BCUT2D eigenvalue weighted by Gasteiger charge is 2.46. The third kappa shape index (κ3) is 4.54. The van der Waals surface area contributed by atoms with Gasteiger partial charge in [-0.25, -0.2) is 8.42 Å². The molecule has 0 bridgehead atoms. The number of carbonyl (C=O) groups excluding carboxylic acids is 2. The fourth-order valence-electron chi connectivity index (χ4n) is 2.83. The summed E-state index contributed by atoms with van der Waals surface area (Å²) in [5, 5.41) is 2.01. The van der Waals surface area contributed by atoms with Gasteiger partial charge in [0.2, 0.25) is 5.91 Å². The summed E-state index contributed by atoms with van der Waals surface area (Å²) in [6, 6.07) is 1.89. The Kier molecular flexibility index (Phi) is 5.64. The maximum Gasteiger partial charge on any atom is 0.321 e. The SMILES string of the molecule is CC(c1cccnc1)N(C)C(=O)[C@@H]1CS(=O)(=O)C[C@H]1NC(=O)C(C)(F)F. The number of pyridine rings is 1. The second-order valence-electron chi connectivity index (χ2n) is 6.56. The zero-order chi connectivity index (χ0) is 19.7. The summed E-state index contributed by atoms with van der Waals surface area (Å²) in [6.07, 6.45) is 3.16. The maximum absolute atomic E-state index is 13.1. The van der Waals surface area contributed by atoms with Gasteiger partial charge < -0.3 is 10.2 Å². The van der Waals surface area contributed by atoms with Crippen molar-refractivity contribution in [2.24, 2.45) is 5.92 Å². The number of rotatable bonds is 5. The molecule has 0 aromatic carbocycles. The summed E-state index contributed by atoms with van der Waals surface area (Å²) in [7, 11) is -2.13. The Morgan fingerprint density at radius 1 is 1.38 bits per heavy atom. The number of carbonyl (C=O) groups is 2.